The summed E-state index contributed by atoms with van der Waals surface area (Å²) in [6.45, 7) is 2.32. The second kappa shape index (κ2) is 5.63. The molecule has 2 heteroatoms. The minimum atomic E-state index is 0.297. The quantitative estimate of drug-likeness (QED) is 0.568. The molecule has 1 unspecified atom stereocenters. The molecule has 1 aromatic carbocycles. The summed E-state index contributed by atoms with van der Waals surface area (Å²) in [5, 5.41) is 1.39. The van der Waals surface area contributed by atoms with Gasteiger partial charge >= 0.3 is 110 Å². The maximum absolute atomic E-state index is 5.14. The van der Waals surface area contributed by atoms with Gasteiger partial charge in [-0.2, -0.15) is 0 Å². The summed E-state index contributed by atoms with van der Waals surface area (Å²) in [5.74, 6) is 7.70. The van der Waals surface area contributed by atoms with Crippen LogP contribution in [0.15, 0.2) is 24.3 Å². The molecule has 1 fully saturated rings. The number of hydrogen-bond donors (Lipinski definition) is 0. The van der Waals surface area contributed by atoms with Crippen molar-refractivity contribution in [2.75, 3.05) is 7.11 Å². The van der Waals surface area contributed by atoms with Crippen molar-refractivity contribution < 1.29 is 4.74 Å². The Kier molecular flexibility index (Phi) is 4.15. The molecule has 0 amide bonds. The molecule has 17 heavy (non-hydrogen) atoms. The number of methoxy groups -OCH3 is 1. The van der Waals surface area contributed by atoms with E-state index in [4.69, 9.17) is 4.74 Å². The fraction of sp³-hybridized carbons (Fsp3) is 0.467. The van der Waals surface area contributed by atoms with Gasteiger partial charge in [-0.15, -0.1) is 0 Å². The standard InChI is InChI=1S/C15H18OSe/c1-15(10-3-4-12-17-15)11-9-13-5-7-14(16-2)8-6-13/h5-8H,3-4,10,12H2,1-2H3. The predicted molar refractivity (Wildman–Crippen MR) is 72.7 cm³/mol. The third-order valence-corrected chi connectivity index (χ3v) is 6.04. The molecular formula is C15H18OSe. The Hall–Kier alpha value is -0.901. The molecule has 90 valence electrons. The number of benzene rings is 1. The van der Waals surface area contributed by atoms with E-state index in [1.807, 2.05) is 24.3 Å². The molecule has 0 saturated carbocycles. The molecule has 1 nitrogen and oxygen atoms in total. The molecule has 1 aliphatic rings. The summed E-state index contributed by atoms with van der Waals surface area (Å²) in [6.07, 6.45) is 4.02. The Morgan fingerprint density at radius 2 is 2.00 bits per heavy atom. The van der Waals surface area contributed by atoms with E-state index in [9.17, 15) is 0 Å². The summed E-state index contributed by atoms with van der Waals surface area (Å²) < 4.78 is 5.44. The zero-order chi connectivity index (χ0) is 12.1. The van der Waals surface area contributed by atoms with Gasteiger partial charge in [0.2, 0.25) is 0 Å². The van der Waals surface area contributed by atoms with Crippen LogP contribution in [0.3, 0.4) is 0 Å². The van der Waals surface area contributed by atoms with Gasteiger partial charge in [0.05, 0.1) is 0 Å². The topological polar surface area (TPSA) is 9.23 Å². The molecule has 1 atom stereocenters. The molecule has 0 radical (unpaired) electrons. The van der Waals surface area contributed by atoms with Crippen molar-refractivity contribution in [2.24, 2.45) is 0 Å². The van der Waals surface area contributed by atoms with Crippen LogP contribution in [0.4, 0.5) is 0 Å². The van der Waals surface area contributed by atoms with Crippen molar-refractivity contribution in [1.82, 2.24) is 0 Å². The van der Waals surface area contributed by atoms with Crippen LogP contribution in [-0.4, -0.2) is 22.1 Å². The van der Waals surface area contributed by atoms with Crippen LogP contribution in [0.2, 0.25) is 9.63 Å². The van der Waals surface area contributed by atoms with Crippen LogP contribution >= 0.6 is 0 Å². The first-order valence-corrected chi connectivity index (χ1v) is 8.10. The van der Waals surface area contributed by atoms with Gasteiger partial charge < -0.3 is 0 Å². The van der Waals surface area contributed by atoms with Gasteiger partial charge in [-0.05, 0) is 0 Å². The molecule has 0 aromatic heterocycles. The summed E-state index contributed by atoms with van der Waals surface area (Å²) in [7, 11) is 1.69. The van der Waals surface area contributed by atoms with Crippen molar-refractivity contribution in [2.45, 2.75) is 35.8 Å². The van der Waals surface area contributed by atoms with Crippen LogP contribution in [0, 0.1) is 11.8 Å². The van der Waals surface area contributed by atoms with E-state index < -0.39 is 0 Å². The van der Waals surface area contributed by atoms with Crippen LogP contribution in [-0.2, 0) is 0 Å². The van der Waals surface area contributed by atoms with Crippen molar-refractivity contribution in [3.63, 3.8) is 0 Å². The van der Waals surface area contributed by atoms with Crippen molar-refractivity contribution in [3.8, 4) is 17.6 Å². The van der Waals surface area contributed by atoms with E-state index in [0.29, 0.717) is 19.3 Å². The molecule has 2 rings (SSSR count). The average Bonchev–Trinajstić information content (AvgIpc) is 2.38. The third-order valence-electron chi connectivity index (χ3n) is 3.03. The first kappa shape index (κ1) is 12.6. The van der Waals surface area contributed by atoms with Gasteiger partial charge in [0.1, 0.15) is 0 Å². The normalized spacial score (nSPS) is 23.6. The van der Waals surface area contributed by atoms with Crippen LogP contribution in [0.5, 0.6) is 5.75 Å². The van der Waals surface area contributed by atoms with Crippen LogP contribution < -0.4 is 4.74 Å². The van der Waals surface area contributed by atoms with Gasteiger partial charge in [-0.3, -0.25) is 0 Å². The van der Waals surface area contributed by atoms with Crippen molar-refractivity contribution in [1.29, 1.82) is 0 Å². The van der Waals surface area contributed by atoms with Crippen molar-refractivity contribution >= 4 is 15.0 Å². The van der Waals surface area contributed by atoms with E-state index >= 15 is 0 Å². The molecule has 1 heterocycles. The van der Waals surface area contributed by atoms with Crippen molar-refractivity contribution in [3.05, 3.63) is 29.8 Å². The van der Waals surface area contributed by atoms with Gasteiger partial charge in [-0.25, -0.2) is 0 Å². The van der Waals surface area contributed by atoms with E-state index in [1.54, 1.807) is 7.11 Å². The van der Waals surface area contributed by atoms with E-state index in [0.717, 1.165) is 11.3 Å². The fourth-order valence-electron chi connectivity index (χ4n) is 1.91. The zero-order valence-corrected chi connectivity index (χ0v) is 12.2. The van der Waals surface area contributed by atoms with Gasteiger partial charge in [0, 0.05) is 0 Å². The number of hydrogen-bond acceptors (Lipinski definition) is 1. The molecule has 0 spiro atoms. The van der Waals surface area contributed by atoms with Gasteiger partial charge in [0.25, 0.3) is 0 Å². The van der Waals surface area contributed by atoms with Gasteiger partial charge in [0.15, 0.2) is 0 Å². The summed E-state index contributed by atoms with van der Waals surface area (Å²) >= 11 is 0.685. The Morgan fingerprint density at radius 1 is 1.24 bits per heavy atom. The minimum absolute atomic E-state index is 0.297. The van der Waals surface area contributed by atoms with Crippen LogP contribution in [0.25, 0.3) is 0 Å². The molecule has 0 N–H and O–H groups in total. The molecule has 1 aromatic rings. The monoisotopic (exact) mass is 294 g/mol. The summed E-state index contributed by atoms with van der Waals surface area (Å²) in [4.78, 5) is 0. The molecule has 0 bridgehead atoms. The average molecular weight is 293 g/mol. The Balaban J connectivity index is 2.08. The second-order valence-electron chi connectivity index (χ2n) is 4.51. The Bertz CT molecular complexity index is 418. The fourth-order valence-corrected chi connectivity index (χ4v) is 4.45. The van der Waals surface area contributed by atoms with Gasteiger partial charge in [-0.1, -0.05) is 0 Å². The SMILES string of the molecule is COc1ccc(C#CC2(C)CCCC[Se]2)cc1. The zero-order valence-electron chi connectivity index (χ0n) is 10.5. The number of rotatable bonds is 1. The predicted octanol–water partition coefficient (Wildman–Crippen LogP) is 3.53. The maximum atomic E-state index is 5.14. The Labute approximate surface area is 110 Å². The third kappa shape index (κ3) is 3.53. The first-order chi connectivity index (χ1) is 8.22. The number of ether oxygens (including phenoxy) is 1. The van der Waals surface area contributed by atoms with E-state index in [1.165, 1.54) is 24.6 Å². The molecule has 1 aliphatic heterocycles. The van der Waals surface area contributed by atoms with E-state index in [-0.39, 0.29) is 0 Å². The first-order valence-electron chi connectivity index (χ1n) is 6.03. The second-order valence-corrected chi connectivity index (χ2v) is 7.87. The Morgan fingerprint density at radius 3 is 2.59 bits per heavy atom. The summed E-state index contributed by atoms with van der Waals surface area (Å²) in [6, 6.07) is 8.01. The van der Waals surface area contributed by atoms with E-state index in [2.05, 4.69) is 18.8 Å². The summed E-state index contributed by atoms with van der Waals surface area (Å²) in [5.41, 5.74) is 1.09. The molecular weight excluding hydrogens is 275 g/mol. The van der Waals surface area contributed by atoms with Crippen LogP contribution in [0.1, 0.15) is 31.7 Å². The molecule has 0 aliphatic carbocycles. The molecule has 1 saturated heterocycles.